The Morgan fingerprint density at radius 3 is 2.64 bits per heavy atom. The first kappa shape index (κ1) is 14.3. The second kappa shape index (κ2) is 6.40. The van der Waals surface area contributed by atoms with Gasteiger partial charge in [0.25, 0.3) is 5.95 Å². The molecule has 112 valence electrons. The number of anilines is 1. The molecule has 1 aromatic carbocycles. The highest BCUT2D eigenvalue weighted by Crippen LogP contribution is 2.24. The first-order chi connectivity index (χ1) is 10.7. The predicted molar refractivity (Wildman–Crippen MR) is 81.4 cm³/mol. The third-order valence-corrected chi connectivity index (χ3v) is 3.47. The van der Waals surface area contributed by atoms with Crippen molar-refractivity contribution in [1.29, 1.82) is 0 Å². The first-order valence-corrected chi connectivity index (χ1v) is 7.01. The molecule has 22 heavy (non-hydrogen) atoms. The maximum Gasteiger partial charge on any atom is 0.269 e. The van der Waals surface area contributed by atoms with Crippen LogP contribution in [0.15, 0.2) is 48.8 Å². The van der Waals surface area contributed by atoms with Crippen molar-refractivity contribution >= 4 is 23.5 Å². The number of nitrogens with one attached hydrogen (secondary N) is 2. The third kappa shape index (κ3) is 3.32. The summed E-state index contributed by atoms with van der Waals surface area (Å²) < 4.78 is 1.97. The summed E-state index contributed by atoms with van der Waals surface area (Å²) in [5.41, 5.74) is 0.990. The lowest BCUT2D eigenvalue weighted by molar-refractivity contribution is -0.116. The van der Waals surface area contributed by atoms with Gasteiger partial charge in [-0.3, -0.25) is 10.1 Å². The summed E-state index contributed by atoms with van der Waals surface area (Å²) in [6.07, 6.45) is 4.08. The van der Waals surface area contributed by atoms with Crippen LogP contribution < -0.4 is 5.32 Å². The van der Waals surface area contributed by atoms with Crippen LogP contribution >= 0.6 is 11.6 Å². The van der Waals surface area contributed by atoms with E-state index in [9.17, 15) is 4.79 Å². The maximum atomic E-state index is 12.2. The molecule has 0 aliphatic rings. The normalized spacial score (nSPS) is 12.0. The van der Waals surface area contributed by atoms with E-state index in [4.69, 9.17) is 11.6 Å². The number of hydrogen-bond acceptors (Lipinski definition) is 4. The Balaban J connectivity index is 1.80. The molecule has 0 fully saturated rings. The fraction of sp³-hybridized carbons (Fsp3) is 0.143. The van der Waals surface area contributed by atoms with E-state index in [1.165, 1.54) is 0 Å². The van der Waals surface area contributed by atoms with Crippen LogP contribution in [0.2, 0.25) is 5.02 Å². The molecule has 0 spiro atoms. The van der Waals surface area contributed by atoms with E-state index in [1.54, 1.807) is 0 Å². The van der Waals surface area contributed by atoms with Crippen molar-refractivity contribution in [2.75, 3.05) is 5.32 Å². The highest BCUT2D eigenvalue weighted by Gasteiger charge is 2.18. The van der Waals surface area contributed by atoms with E-state index in [-0.39, 0.29) is 24.3 Å². The number of aromatic amines is 1. The fourth-order valence-electron chi connectivity index (χ4n) is 2.20. The molecule has 0 saturated heterocycles. The molecule has 1 atom stereocenters. The molecule has 0 bridgehead atoms. The summed E-state index contributed by atoms with van der Waals surface area (Å²) >= 11 is 5.93. The standard InChI is InChI=1S/C14H13ClN6O/c15-11-5-3-10(4-6-11)12(21-7-1-2-8-21)9-13(22)16-14-17-19-20-18-14/h1-8,12H,9H2,(H2,16,17,18,19,20,22). The zero-order valence-corrected chi connectivity index (χ0v) is 12.2. The van der Waals surface area contributed by atoms with Crippen molar-refractivity contribution in [3.8, 4) is 0 Å². The Morgan fingerprint density at radius 2 is 2.00 bits per heavy atom. The van der Waals surface area contributed by atoms with Crippen molar-refractivity contribution in [2.45, 2.75) is 12.5 Å². The average molecular weight is 317 g/mol. The minimum absolute atomic E-state index is 0.140. The largest absolute Gasteiger partial charge is 0.346 e. The number of carbonyl (C=O) groups is 1. The summed E-state index contributed by atoms with van der Waals surface area (Å²) in [5, 5.41) is 16.4. The number of rotatable bonds is 5. The van der Waals surface area contributed by atoms with Gasteiger partial charge in [0.2, 0.25) is 5.91 Å². The van der Waals surface area contributed by atoms with Crippen molar-refractivity contribution in [1.82, 2.24) is 25.2 Å². The quantitative estimate of drug-likeness (QED) is 0.755. The second-order valence-corrected chi connectivity index (χ2v) is 5.12. The summed E-state index contributed by atoms with van der Waals surface area (Å²) in [4.78, 5) is 12.2. The van der Waals surface area contributed by atoms with E-state index < -0.39 is 0 Å². The van der Waals surface area contributed by atoms with Gasteiger partial charge in [0.05, 0.1) is 12.5 Å². The van der Waals surface area contributed by atoms with E-state index >= 15 is 0 Å². The molecule has 3 aromatic rings. The van der Waals surface area contributed by atoms with Crippen LogP contribution in [0.1, 0.15) is 18.0 Å². The van der Waals surface area contributed by atoms with Crippen LogP contribution in [0.5, 0.6) is 0 Å². The molecule has 2 aromatic heterocycles. The number of H-pyrrole nitrogens is 1. The van der Waals surface area contributed by atoms with Crippen molar-refractivity contribution in [2.24, 2.45) is 0 Å². The van der Waals surface area contributed by atoms with Gasteiger partial charge in [0.15, 0.2) is 0 Å². The van der Waals surface area contributed by atoms with Crippen LogP contribution in [0.3, 0.4) is 0 Å². The Kier molecular flexibility index (Phi) is 4.15. The average Bonchev–Trinajstić information content (AvgIpc) is 3.19. The van der Waals surface area contributed by atoms with Gasteiger partial charge in [0.1, 0.15) is 0 Å². The topological polar surface area (TPSA) is 88.5 Å². The summed E-state index contributed by atoms with van der Waals surface area (Å²) in [7, 11) is 0. The van der Waals surface area contributed by atoms with E-state index in [1.807, 2.05) is 53.4 Å². The number of hydrogen-bond donors (Lipinski definition) is 2. The Morgan fingerprint density at radius 1 is 1.27 bits per heavy atom. The van der Waals surface area contributed by atoms with Gasteiger partial charge in [-0.15, -0.1) is 5.10 Å². The van der Waals surface area contributed by atoms with Crippen molar-refractivity contribution in [3.63, 3.8) is 0 Å². The van der Waals surface area contributed by atoms with Crippen LogP contribution in [-0.2, 0) is 4.79 Å². The number of aromatic nitrogens is 5. The molecule has 1 unspecified atom stereocenters. The third-order valence-electron chi connectivity index (χ3n) is 3.22. The maximum absolute atomic E-state index is 12.2. The Hall–Kier alpha value is -2.67. The number of halogens is 1. The number of carbonyl (C=O) groups excluding carboxylic acids is 1. The zero-order chi connectivity index (χ0) is 15.4. The first-order valence-electron chi connectivity index (χ1n) is 6.63. The second-order valence-electron chi connectivity index (χ2n) is 4.69. The molecule has 3 rings (SSSR count). The molecule has 2 heterocycles. The smallest absolute Gasteiger partial charge is 0.269 e. The number of benzene rings is 1. The lowest BCUT2D eigenvalue weighted by Crippen LogP contribution is -2.20. The summed E-state index contributed by atoms with van der Waals surface area (Å²) in [5.74, 6) is -0.0394. The monoisotopic (exact) mass is 316 g/mol. The molecule has 1 amide bonds. The van der Waals surface area contributed by atoms with Gasteiger partial charge in [-0.2, -0.15) is 5.21 Å². The van der Waals surface area contributed by atoms with E-state index in [2.05, 4.69) is 25.9 Å². The minimum atomic E-state index is -0.199. The van der Waals surface area contributed by atoms with Crippen LogP contribution in [-0.4, -0.2) is 31.1 Å². The van der Waals surface area contributed by atoms with Crippen LogP contribution in [0.4, 0.5) is 5.95 Å². The van der Waals surface area contributed by atoms with Gasteiger partial charge in [-0.05, 0) is 35.0 Å². The Bertz CT molecular complexity index is 723. The Labute approximate surface area is 131 Å². The molecule has 2 N–H and O–H groups in total. The number of tetrazole rings is 1. The number of nitrogens with zero attached hydrogens (tertiary/aromatic N) is 4. The van der Waals surface area contributed by atoms with Gasteiger partial charge in [0, 0.05) is 17.4 Å². The highest BCUT2D eigenvalue weighted by molar-refractivity contribution is 6.30. The molecule has 0 saturated carbocycles. The number of amides is 1. The fourth-order valence-corrected chi connectivity index (χ4v) is 2.33. The van der Waals surface area contributed by atoms with Gasteiger partial charge < -0.3 is 4.57 Å². The van der Waals surface area contributed by atoms with Gasteiger partial charge >= 0.3 is 0 Å². The molecular formula is C14H13ClN6O. The van der Waals surface area contributed by atoms with Gasteiger partial charge in [-0.1, -0.05) is 28.8 Å². The molecule has 7 nitrogen and oxygen atoms in total. The predicted octanol–water partition coefficient (Wildman–Crippen LogP) is 2.27. The summed E-state index contributed by atoms with van der Waals surface area (Å²) in [6, 6.07) is 11.1. The highest BCUT2D eigenvalue weighted by atomic mass is 35.5. The van der Waals surface area contributed by atoms with Crippen molar-refractivity contribution in [3.05, 3.63) is 59.4 Å². The summed E-state index contributed by atoms with van der Waals surface area (Å²) in [6.45, 7) is 0. The van der Waals surface area contributed by atoms with Crippen molar-refractivity contribution < 1.29 is 4.79 Å². The lowest BCUT2D eigenvalue weighted by atomic mass is 10.0. The molecule has 0 radical (unpaired) electrons. The molecular weight excluding hydrogens is 304 g/mol. The molecule has 0 aliphatic carbocycles. The van der Waals surface area contributed by atoms with E-state index in [0.29, 0.717) is 5.02 Å². The minimum Gasteiger partial charge on any atom is -0.346 e. The van der Waals surface area contributed by atoms with E-state index in [0.717, 1.165) is 5.56 Å². The molecule has 0 aliphatic heterocycles. The lowest BCUT2D eigenvalue weighted by Gasteiger charge is -2.19. The zero-order valence-electron chi connectivity index (χ0n) is 11.5. The molecule has 8 heteroatoms. The van der Waals surface area contributed by atoms with Crippen LogP contribution in [0.25, 0.3) is 0 Å². The van der Waals surface area contributed by atoms with Crippen LogP contribution in [0, 0.1) is 0 Å². The van der Waals surface area contributed by atoms with Gasteiger partial charge in [-0.25, -0.2) is 0 Å². The SMILES string of the molecule is O=C(CC(c1ccc(Cl)cc1)n1cccc1)Nc1nn[nH]n1.